The van der Waals surface area contributed by atoms with Crippen LogP contribution in [0.5, 0.6) is 0 Å². The first-order valence-corrected chi connectivity index (χ1v) is 5.03. The first kappa shape index (κ1) is 11.2. The third-order valence-electron chi connectivity index (χ3n) is 2.54. The number of aldehydes is 1. The fraction of sp³-hybridized carbons (Fsp3) is 0.600. The lowest BCUT2D eigenvalue weighted by Crippen LogP contribution is -2.08. The summed E-state index contributed by atoms with van der Waals surface area (Å²) in [7, 11) is 0. The zero-order valence-electron chi connectivity index (χ0n) is 8.38. The summed E-state index contributed by atoms with van der Waals surface area (Å²) in [5.41, 5.74) is -1.21. The third kappa shape index (κ3) is 2.43. The Hall–Kier alpha value is -1.33. The molecule has 1 aromatic heterocycles. The molecule has 1 aliphatic rings. The number of carbonyl (C=O) groups is 1. The van der Waals surface area contributed by atoms with Gasteiger partial charge in [0.25, 0.3) is 0 Å². The van der Waals surface area contributed by atoms with E-state index in [4.69, 9.17) is 4.42 Å². The molecule has 1 heterocycles. The molecule has 1 aromatic rings. The molecular weight excluding hydrogens is 223 g/mol. The highest BCUT2D eigenvalue weighted by molar-refractivity contribution is 5.72. The van der Waals surface area contributed by atoms with Crippen LogP contribution in [0.2, 0.25) is 0 Å². The molecule has 0 atom stereocenters. The maximum absolute atomic E-state index is 12.4. The van der Waals surface area contributed by atoms with Crippen molar-refractivity contribution < 1.29 is 22.4 Å². The second-order valence-corrected chi connectivity index (χ2v) is 3.92. The molecule has 88 valence electrons. The van der Waals surface area contributed by atoms with Gasteiger partial charge in [-0.25, -0.2) is 4.98 Å². The lowest BCUT2D eigenvalue weighted by atomic mass is 10.2. The number of hydrogen-bond donors (Lipinski definition) is 0. The summed E-state index contributed by atoms with van der Waals surface area (Å²) in [5, 5.41) is 0. The highest BCUT2D eigenvalue weighted by atomic mass is 19.4. The van der Waals surface area contributed by atoms with E-state index in [0.717, 1.165) is 19.3 Å². The minimum Gasteiger partial charge on any atom is -0.437 e. The molecule has 0 amide bonds. The van der Waals surface area contributed by atoms with Gasteiger partial charge in [-0.15, -0.1) is 0 Å². The number of carbonyl (C=O) groups excluding carboxylic acids is 1. The standard InChI is InChI=1S/C10H10F3NO2/c11-10(12,13)9-7(5-15)16-8(14-9)4-3-6-1-2-6/h5-6H,1-4H2. The molecule has 0 N–H and O–H groups in total. The van der Waals surface area contributed by atoms with Gasteiger partial charge >= 0.3 is 6.18 Å². The van der Waals surface area contributed by atoms with Gasteiger partial charge in [-0.1, -0.05) is 12.8 Å². The summed E-state index contributed by atoms with van der Waals surface area (Å²) in [4.78, 5) is 13.7. The molecular formula is C10H10F3NO2. The van der Waals surface area contributed by atoms with Crippen molar-refractivity contribution in [3.05, 3.63) is 17.3 Å². The van der Waals surface area contributed by atoms with E-state index in [0.29, 0.717) is 12.3 Å². The number of oxazole rings is 1. The lowest BCUT2D eigenvalue weighted by molar-refractivity contribution is -0.141. The van der Waals surface area contributed by atoms with Gasteiger partial charge < -0.3 is 4.42 Å². The predicted molar refractivity (Wildman–Crippen MR) is 47.9 cm³/mol. The molecule has 3 nitrogen and oxygen atoms in total. The van der Waals surface area contributed by atoms with Crippen LogP contribution in [0.3, 0.4) is 0 Å². The molecule has 1 aliphatic carbocycles. The molecule has 0 bridgehead atoms. The SMILES string of the molecule is O=Cc1oc(CCC2CC2)nc1C(F)(F)F. The van der Waals surface area contributed by atoms with E-state index < -0.39 is 17.6 Å². The van der Waals surface area contributed by atoms with Crippen LogP contribution in [-0.2, 0) is 12.6 Å². The first-order chi connectivity index (χ1) is 7.50. The first-order valence-electron chi connectivity index (χ1n) is 5.03. The van der Waals surface area contributed by atoms with Crippen LogP contribution in [0.25, 0.3) is 0 Å². The summed E-state index contributed by atoms with van der Waals surface area (Å²) in [5.74, 6) is -0.138. The maximum Gasteiger partial charge on any atom is 0.437 e. The molecule has 2 rings (SSSR count). The molecule has 0 radical (unpaired) electrons. The monoisotopic (exact) mass is 233 g/mol. The Morgan fingerprint density at radius 3 is 2.56 bits per heavy atom. The molecule has 6 heteroatoms. The predicted octanol–water partition coefficient (Wildman–Crippen LogP) is 2.85. The number of aryl methyl sites for hydroxylation is 1. The fourth-order valence-electron chi connectivity index (χ4n) is 1.50. The van der Waals surface area contributed by atoms with Crippen LogP contribution in [-0.4, -0.2) is 11.3 Å². The highest BCUT2D eigenvalue weighted by Gasteiger charge is 2.38. The number of hydrogen-bond acceptors (Lipinski definition) is 3. The molecule has 0 spiro atoms. The van der Waals surface area contributed by atoms with Crippen LogP contribution < -0.4 is 0 Å². The van der Waals surface area contributed by atoms with Gasteiger partial charge in [0.15, 0.2) is 23.6 Å². The second-order valence-electron chi connectivity index (χ2n) is 3.92. The van der Waals surface area contributed by atoms with Crippen LogP contribution in [0, 0.1) is 5.92 Å². The number of alkyl halides is 3. The molecule has 0 aliphatic heterocycles. The van der Waals surface area contributed by atoms with Gasteiger partial charge in [-0.05, 0) is 12.3 Å². The van der Waals surface area contributed by atoms with Gasteiger partial charge in [0.05, 0.1) is 0 Å². The number of nitrogens with zero attached hydrogens (tertiary/aromatic N) is 1. The summed E-state index contributed by atoms with van der Waals surface area (Å²) >= 11 is 0. The molecule has 0 aromatic carbocycles. The van der Waals surface area contributed by atoms with E-state index in [1.165, 1.54) is 0 Å². The van der Waals surface area contributed by atoms with E-state index in [2.05, 4.69) is 4.98 Å². The zero-order valence-corrected chi connectivity index (χ0v) is 8.38. The van der Waals surface area contributed by atoms with Gasteiger partial charge in [0.2, 0.25) is 0 Å². The maximum atomic E-state index is 12.4. The van der Waals surface area contributed by atoms with Gasteiger partial charge in [0.1, 0.15) is 0 Å². The van der Waals surface area contributed by atoms with Gasteiger partial charge in [0, 0.05) is 6.42 Å². The van der Waals surface area contributed by atoms with Crippen molar-refractivity contribution >= 4 is 6.29 Å². The Balaban J connectivity index is 2.13. The van der Waals surface area contributed by atoms with Crippen molar-refractivity contribution in [1.82, 2.24) is 4.98 Å². The number of halogens is 3. The number of rotatable bonds is 4. The van der Waals surface area contributed by atoms with Crippen LogP contribution in [0.4, 0.5) is 13.2 Å². The van der Waals surface area contributed by atoms with Crippen molar-refractivity contribution in [3.8, 4) is 0 Å². The lowest BCUT2D eigenvalue weighted by Gasteiger charge is -1.99. The van der Waals surface area contributed by atoms with Crippen molar-refractivity contribution in [2.45, 2.75) is 31.9 Å². The summed E-state index contributed by atoms with van der Waals surface area (Å²) < 4.78 is 41.9. The minimum atomic E-state index is -4.63. The largest absolute Gasteiger partial charge is 0.437 e. The van der Waals surface area contributed by atoms with E-state index >= 15 is 0 Å². The fourth-order valence-corrected chi connectivity index (χ4v) is 1.50. The van der Waals surface area contributed by atoms with E-state index in [1.807, 2.05) is 0 Å². The third-order valence-corrected chi connectivity index (χ3v) is 2.54. The van der Waals surface area contributed by atoms with Crippen molar-refractivity contribution in [2.24, 2.45) is 5.92 Å². The molecule has 0 unspecified atom stereocenters. The van der Waals surface area contributed by atoms with Crippen LogP contribution in [0.1, 0.15) is 41.4 Å². The summed E-state index contributed by atoms with van der Waals surface area (Å²) in [6.45, 7) is 0. The van der Waals surface area contributed by atoms with E-state index in [-0.39, 0.29) is 12.2 Å². The smallest absolute Gasteiger partial charge is 0.437 e. The van der Waals surface area contributed by atoms with Crippen molar-refractivity contribution in [1.29, 1.82) is 0 Å². The zero-order chi connectivity index (χ0) is 11.8. The van der Waals surface area contributed by atoms with Crippen molar-refractivity contribution in [3.63, 3.8) is 0 Å². The Morgan fingerprint density at radius 1 is 1.44 bits per heavy atom. The molecule has 16 heavy (non-hydrogen) atoms. The Kier molecular flexibility index (Phi) is 2.73. The Bertz CT molecular complexity index is 393. The van der Waals surface area contributed by atoms with Gasteiger partial charge in [-0.3, -0.25) is 4.79 Å². The average Bonchev–Trinajstić information content (AvgIpc) is 2.92. The van der Waals surface area contributed by atoms with E-state index in [9.17, 15) is 18.0 Å². The molecule has 0 saturated heterocycles. The average molecular weight is 233 g/mol. The second kappa shape index (κ2) is 3.92. The number of aromatic nitrogens is 1. The van der Waals surface area contributed by atoms with Gasteiger partial charge in [-0.2, -0.15) is 13.2 Å². The quantitative estimate of drug-likeness (QED) is 0.751. The van der Waals surface area contributed by atoms with Crippen LogP contribution in [0.15, 0.2) is 4.42 Å². The minimum absolute atomic E-state index is 0.00123. The molecule has 1 saturated carbocycles. The topological polar surface area (TPSA) is 43.1 Å². The van der Waals surface area contributed by atoms with Crippen molar-refractivity contribution in [2.75, 3.05) is 0 Å². The highest BCUT2D eigenvalue weighted by Crippen LogP contribution is 2.35. The Labute approximate surface area is 89.7 Å². The summed E-state index contributed by atoms with van der Waals surface area (Å²) in [6, 6.07) is 0. The van der Waals surface area contributed by atoms with Crippen LogP contribution >= 0.6 is 0 Å². The normalized spacial score (nSPS) is 16.4. The van der Waals surface area contributed by atoms with E-state index in [1.54, 1.807) is 0 Å². The molecule has 1 fully saturated rings. The summed E-state index contributed by atoms with van der Waals surface area (Å²) in [6.07, 6.45) is -1.20. The Morgan fingerprint density at radius 2 is 2.12 bits per heavy atom.